The Bertz CT molecular complexity index is 352. The zero-order valence-corrected chi connectivity index (χ0v) is 9.42. The molecule has 14 heavy (non-hydrogen) atoms. The third-order valence-corrected chi connectivity index (χ3v) is 1.65. The van der Waals surface area contributed by atoms with Gasteiger partial charge in [0.05, 0.1) is 5.02 Å². The molecule has 1 rings (SSSR count). The molecule has 5 heteroatoms. The number of aromatic nitrogens is 2. The monoisotopic (exact) mass is 216 g/mol. The number of carbonyl (C=O) groups is 1. The van der Waals surface area contributed by atoms with Crippen LogP contribution in [0.15, 0.2) is 6.20 Å². The lowest BCUT2D eigenvalue weighted by atomic mass is 10.2. The average Bonchev–Trinajstić information content (AvgIpc) is 2.26. The van der Waals surface area contributed by atoms with Crippen LogP contribution in [0.4, 0.5) is 0 Å². The summed E-state index contributed by atoms with van der Waals surface area (Å²) in [5, 5.41) is 4.21. The molecule has 0 aromatic carbocycles. The van der Waals surface area contributed by atoms with Gasteiger partial charge in [0.25, 0.3) is 0 Å². The van der Waals surface area contributed by atoms with Gasteiger partial charge in [0, 0.05) is 13.2 Å². The van der Waals surface area contributed by atoms with E-state index in [4.69, 9.17) is 16.3 Å². The summed E-state index contributed by atoms with van der Waals surface area (Å²) in [6.07, 6.45) is 1.56. The van der Waals surface area contributed by atoms with Gasteiger partial charge in [-0.1, -0.05) is 11.6 Å². The molecule has 0 aliphatic carbocycles. The van der Waals surface area contributed by atoms with E-state index < -0.39 is 11.6 Å². The summed E-state index contributed by atoms with van der Waals surface area (Å²) < 4.78 is 6.59. The van der Waals surface area contributed by atoms with Gasteiger partial charge in [0.1, 0.15) is 5.60 Å². The van der Waals surface area contributed by atoms with E-state index in [0.29, 0.717) is 5.02 Å². The Morgan fingerprint density at radius 2 is 2.14 bits per heavy atom. The van der Waals surface area contributed by atoms with Crippen LogP contribution in [-0.4, -0.2) is 21.4 Å². The van der Waals surface area contributed by atoms with Crippen LogP contribution >= 0.6 is 11.6 Å². The number of aryl methyl sites for hydroxylation is 1. The quantitative estimate of drug-likeness (QED) is 0.675. The highest BCUT2D eigenvalue weighted by Crippen LogP contribution is 2.17. The van der Waals surface area contributed by atoms with Crippen molar-refractivity contribution in [2.75, 3.05) is 0 Å². The minimum absolute atomic E-state index is 0.157. The third kappa shape index (κ3) is 2.73. The van der Waals surface area contributed by atoms with Gasteiger partial charge < -0.3 is 4.74 Å². The molecule has 0 saturated carbocycles. The maximum absolute atomic E-state index is 11.5. The molecule has 0 N–H and O–H groups in total. The van der Waals surface area contributed by atoms with E-state index in [1.165, 1.54) is 4.68 Å². The minimum atomic E-state index is -0.530. The molecule has 0 amide bonds. The van der Waals surface area contributed by atoms with Crippen LogP contribution in [0, 0.1) is 0 Å². The molecule has 1 aromatic rings. The highest BCUT2D eigenvalue weighted by molar-refractivity contribution is 6.33. The van der Waals surface area contributed by atoms with Gasteiger partial charge in [-0.05, 0) is 20.8 Å². The molecule has 0 atom stereocenters. The highest BCUT2D eigenvalue weighted by Gasteiger charge is 2.22. The number of nitrogens with zero attached hydrogens (tertiary/aromatic N) is 2. The largest absolute Gasteiger partial charge is 0.455 e. The van der Waals surface area contributed by atoms with Crippen LogP contribution < -0.4 is 0 Å². The van der Waals surface area contributed by atoms with Crippen molar-refractivity contribution in [2.45, 2.75) is 26.4 Å². The molecule has 4 nitrogen and oxygen atoms in total. The molecule has 1 heterocycles. The van der Waals surface area contributed by atoms with E-state index >= 15 is 0 Å². The number of rotatable bonds is 1. The lowest BCUT2D eigenvalue weighted by Crippen LogP contribution is -2.24. The molecular weight excluding hydrogens is 204 g/mol. The second-order valence-corrected chi connectivity index (χ2v) is 4.41. The van der Waals surface area contributed by atoms with Crippen molar-refractivity contribution in [3.63, 3.8) is 0 Å². The zero-order chi connectivity index (χ0) is 10.9. The maximum Gasteiger partial charge on any atom is 0.360 e. The fraction of sp³-hybridized carbons (Fsp3) is 0.556. The van der Waals surface area contributed by atoms with Crippen molar-refractivity contribution in [2.24, 2.45) is 7.05 Å². The van der Waals surface area contributed by atoms with Crippen molar-refractivity contribution in [1.82, 2.24) is 9.78 Å². The summed E-state index contributed by atoms with van der Waals surface area (Å²) in [5.74, 6) is -0.497. The van der Waals surface area contributed by atoms with Crippen LogP contribution in [0.25, 0.3) is 0 Å². The molecule has 1 aromatic heterocycles. The Labute approximate surface area is 87.8 Å². The molecule has 0 radical (unpaired) electrons. The first kappa shape index (κ1) is 11.0. The van der Waals surface area contributed by atoms with E-state index in [9.17, 15) is 4.79 Å². The Hall–Kier alpha value is -1.03. The third-order valence-electron chi connectivity index (χ3n) is 1.38. The summed E-state index contributed by atoms with van der Waals surface area (Å²) in [7, 11) is 1.69. The summed E-state index contributed by atoms with van der Waals surface area (Å²) in [6, 6.07) is 0. The lowest BCUT2D eigenvalue weighted by Gasteiger charge is -2.18. The molecular formula is C9H13ClN2O2. The maximum atomic E-state index is 11.5. The zero-order valence-electron chi connectivity index (χ0n) is 8.67. The predicted molar refractivity (Wildman–Crippen MR) is 53.4 cm³/mol. The smallest absolute Gasteiger partial charge is 0.360 e. The average molecular weight is 217 g/mol. The van der Waals surface area contributed by atoms with E-state index in [1.54, 1.807) is 34.0 Å². The lowest BCUT2D eigenvalue weighted by molar-refractivity contribution is 0.00623. The van der Waals surface area contributed by atoms with Gasteiger partial charge in [0.15, 0.2) is 5.69 Å². The molecule has 0 aliphatic heterocycles. The number of carbonyl (C=O) groups excluding carboxylic acids is 1. The van der Waals surface area contributed by atoms with Gasteiger partial charge >= 0.3 is 5.97 Å². The Balaban J connectivity index is 2.85. The highest BCUT2D eigenvalue weighted by atomic mass is 35.5. The van der Waals surface area contributed by atoms with Crippen LogP contribution in [-0.2, 0) is 11.8 Å². The second-order valence-electron chi connectivity index (χ2n) is 4.00. The molecule has 0 spiro atoms. The fourth-order valence-corrected chi connectivity index (χ4v) is 1.18. The summed E-state index contributed by atoms with van der Waals surface area (Å²) >= 11 is 5.78. The van der Waals surface area contributed by atoms with Crippen molar-refractivity contribution in [1.29, 1.82) is 0 Å². The van der Waals surface area contributed by atoms with Gasteiger partial charge in [0.2, 0.25) is 0 Å². The van der Waals surface area contributed by atoms with E-state index in [2.05, 4.69) is 5.10 Å². The molecule has 0 unspecified atom stereocenters. The van der Waals surface area contributed by atoms with Gasteiger partial charge in [-0.15, -0.1) is 0 Å². The second kappa shape index (κ2) is 3.61. The minimum Gasteiger partial charge on any atom is -0.455 e. The molecule has 0 bridgehead atoms. The molecule has 78 valence electrons. The Kier molecular flexibility index (Phi) is 2.85. The number of ether oxygens (including phenoxy) is 1. The Morgan fingerprint density at radius 1 is 1.57 bits per heavy atom. The van der Waals surface area contributed by atoms with E-state index in [-0.39, 0.29) is 5.69 Å². The van der Waals surface area contributed by atoms with Crippen LogP contribution in [0.1, 0.15) is 31.3 Å². The first-order chi connectivity index (χ1) is 6.29. The predicted octanol–water partition coefficient (Wildman–Crippen LogP) is 2.03. The van der Waals surface area contributed by atoms with E-state index in [1.807, 2.05) is 0 Å². The van der Waals surface area contributed by atoms with Crippen molar-refractivity contribution < 1.29 is 9.53 Å². The standard InChI is InChI=1S/C9H13ClN2O2/c1-9(2,3)14-8(13)7-6(10)5-12(4)11-7/h5H,1-4H3. The molecule has 0 fully saturated rings. The van der Waals surface area contributed by atoms with Crippen molar-refractivity contribution in [3.05, 3.63) is 16.9 Å². The van der Waals surface area contributed by atoms with Gasteiger partial charge in [-0.2, -0.15) is 5.10 Å². The topological polar surface area (TPSA) is 44.1 Å². The SMILES string of the molecule is Cn1cc(Cl)c(C(=O)OC(C)(C)C)n1. The van der Waals surface area contributed by atoms with E-state index in [0.717, 1.165) is 0 Å². The normalized spacial score (nSPS) is 11.5. The van der Waals surface area contributed by atoms with Crippen LogP contribution in [0.2, 0.25) is 5.02 Å². The fourth-order valence-electron chi connectivity index (χ4n) is 0.924. The molecule has 0 aliphatic rings. The van der Waals surface area contributed by atoms with Crippen LogP contribution in [0.5, 0.6) is 0 Å². The molecule has 0 saturated heterocycles. The van der Waals surface area contributed by atoms with Gasteiger partial charge in [-0.25, -0.2) is 4.79 Å². The van der Waals surface area contributed by atoms with Crippen molar-refractivity contribution >= 4 is 17.6 Å². The number of hydrogen-bond acceptors (Lipinski definition) is 3. The summed E-state index contributed by atoms with van der Waals surface area (Å²) in [5.41, 5.74) is -0.373. The number of hydrogen-bond donors (Lipinski definition) is 0. The first-order valence-corrected chi connectivity index (χ1v) is 4.60. The first-order valence-electron chi connectivity index (χ1n) is 4.22. The summed E-state index contributed by atoms with van der Waals surface area (Å²) in [4.78, 5) is 11.5. The Morgan fingerprint density at radius 3 is 2.50 bits per heavy atom. The summed E-state index contributed by atoms with van der Waals surface area (Å²) in [6.45, 7) is 5.38. The van der Waals surface area contributed by atoms with Crippen LogP contribution in [0.3, 0.4) is 0 Å². The van der Waals surface area contributed by atoms with Crippen molar-refractivity contribution in [3.8, 4) is 0 Å². The number of halogens is 1. The van der Waals surface area contributed by atoms with Gasteiger partial charge in [-0.3, -0.25) is 4.68 Å². The number of esters is 1.